The zero-order chi connectivity index (χ0) is 26.6. The van der Waals surface area contributed by atoms with E-state index >= 15 is 0 Å². The van der Waals surface area contributed by atoms with E-state index in [1.165, 1.54) is 24.5 Å². The average molecular weight is 538 g/mol. The van der Waals surface area contributed by atoms with Crippen LogP contribution >= 0.6 is 11.3 Å². The van der Waals surface area contributed by atoms with Crippen LogP contribution in [0.25, 0.3) is 0 Å². The third-order valence-electron chi connectivity index (χ3n) is 6.38. The molecule has 2 aromatic carbocycles. The van der Waals surface area contributed by atoms with Gasteiger partial charge in [0.1, 0.15) is 17.5 Å². The number of rotatable bonds is 2. The van der Waals surface area contributed by atoms with Gasteiger partial charge in [0.2, 0.25) is 0 Å². The number of hydrogen-bond acceptors (Lipinski definition) is 9. The molecule has 3 aliphatic rings. The Hall–Kier alpha value is -4.32. The van der Waals surface area contributed by atoms with Crippen molar-refractivity contribution in [3.05, 3.63) is 64.7 Å². The molecule has 11 nitrogen and oxygen atoms in total. The van der Waals surface area contributed by atoms with E-state index in [2.05, 4.69) is 15.6 Å². The van der Waals surface area contributed by atoms with Gasteiger partial charge in [0.05, 0.1) is 13.2 Å². The lowest BCUT2D eigenvalue weighted by atomic mass is 10.0. The molecule has 1 saturated heterocycles. The number of amides is 3. The van der Waals surface area contributed by atoms with Crippen LogP contribution in [0, 0.1) is 0 Å². The summed E-state index contributed by atoms with van der Waals surface area (Å²) in [5.41, 5.74) is 7.19. The number of methoxy groups -OCH3 is 1. The van der Waals surface area contributed by atoms with Crippen LogP contribution in [0.1, 0.15) is 32.8 Å². The smallest absolute Gasteiger partial charge is 0.273 e. The van der Waals surface area contributed by atoms with Crippen molar-refractivity contribution in [2.75, 3.05) is 32.5 Å². The molecule has 3 aliphatic heterocycles. The van der Waals surface area contributed by atoms with Gasteiger partial charge in [0.25, 0.3) is 17.7 Å². The lowest BCUT2D eigenvalue weighted by Crippen LogP contribution is -2.58. The van der Waals surface area contributed by atoms with E-state index in [0.29, 0.717) is 41.7 Å². The summed E-state index contributed by atoms with van der Waals surface area (Å²) >= 11 is 1.20. The fraction of sp³-hybridized carbons (Fsp3) is 0.308. The summed E-state index contributed by atoms with van der Waals surface area (Å²) in [6, 6.07) is 11.6. The number of likely N-dealkylation sites (tertiary alicyclic amines) is 1. The Morgan fingerprint density at radius 2 is 2.03 bits per heavy atom. The molecule has 4 heterocycles. The van der Waals surface area contributed by atoms with Gasteiger partial charge in [-0.1, -0.05) is 12.1 Å². The molecule has 12 heteroatoms. The van der Waals surface area contributed by atoms with Crippen LogP contribution in [0.4, 0.5) is 5.13 Å². The maximum absolute atomic E-state index is 13.3. The molecule has 0 saturated carbocycles. The predicted octanol–water partition coefficient (Wildman–Crippen LogP) is 1.83. The molecule has 3 amide bonds. The van der Waals surface area contributed by atoms with Gasteiger partial charge in [-0.25, -0.2) is 4.98 Å². The number of carbonyl (C=O) groups excluding carboxylic acids is 3. The Balaban J connectivity index is 1.44. The number of nitrogens with zero attached hydrogens (tertiary/aromatic N) is 2. The molecule has 198 valence electrons. The van der Waals surface area contributed by atoms with Gasteiger partial charge < -0.3 is 35.5 Å². The highest BCUT2D eigenvalue weighted by molar-refractivity contribution is 7.13. The third kappa shape index (κ3) is 5.65. The van der Waals surface area contributed by atoms with Crippen LogP contribution in [-0.4, -0.2) is 66.6 Å². The molecular weight excluding hydrogens is 510 g/mol. The zero-order valence-electron chi connectivity index (χ0n) is 20.6. The van der Waals surface area contributed by atoms with E-state index in [-0.39, 0.29) is 42.3 Å². The molecule has 3 aromatic rings. The van der Waals surface area contributed by atoms with Gasteiger partial charge in [-0.15, -0.1) is 11.3 Å². The number of hydrogen-bond donors (Lipinski definition) is 3. The van der Waals surface area contributed by atoms with E-state index in [1.807, 2.05) is 24.3 Å². The van der Waals surface area contributed by atoms with Crippen molar-refractivity contribution in [3.8, 4) is 17.2 Å². The van der Waals surface area contributed by atoms with E-state index in [0.717, 1.165) is 5.56 Å². The molecule has 0 spiro atoms. The second kappa shape index (κ2) is 11.0. The summed E-state index contributed by atoms with van der Waals surface area (Å²) in [5.74, 6) is 0.321. The van der Waals surface area contributed by atoms with Crippen molar-refractivity contribution in [2.45, 2.75) is 25.1 Å². The van der Waals surface area contributed by atoms with Crippen LogP contribution in [0.2, 0.25) is 0 Å². The van der Waals surface area contributed by atoms with Gasteiger partial charge in [0.15, 0.2) is 23.2 Å². The van der Waals surface area contributed by atoms with Gasteiger partial charge in [-0.05, 0) is 35.9 Å². The summed E-state index contributed by atoms with van der Waals surface area (Å²) in [4.78, 5) is 44.5. The highest BCUT2D eigenvalue weighted by atomic mass is 32.1. The van der Waals surface area contributed by atoms with Crippen LogP contribution in [0.5, 0.6) is 17.2 Å². The van der Waals surface area contributed by atoms with Crippen molar-refractivity contribution in [2.24, 2.45) is 0 Å². The van der Waals surface area contributed by atoms with Crippen LogP contribution in [0.3, 0.4) is 0 Å². The quantitative estimate of drug-likeness (QED) is 0.449. The average Bonchev–Trinajstić information content (AvgIpc) is 3.37. The Bertz CT molecular complexity index is 1340. The number of thiazole rings is 1. The first kappa shape index (κ1) is 25.3. The van der Waals surface area contributed by atoms with Crippen LogP contribution in [-0.2, 0) is 11.3 Å². The van der Waals surface area contributed by atoms with Gasteiger partial charge in [-0.3, -0.25) is 14.4 Å². The largest absolute Gasteiger partial charge is 0.493 e. The number of nitrogens with two attached hydrogens (primary N) is 1. The minimum atomic E-state index is -0.513. The molecule has 4 N–H and O–H groups in total. The summed E-state index contributed by atoms with van der Waals surface area (Å²) in [7, 11) is 1.48. The molecule has 2 atom stereocenters. The fourth-order valence-corrected chi connectivity index (χ4v) is 4.92. The third-order valence-corrected chi connectivity index (χ3v) is 7.05. The van der Waals surface area contributed by atoms with Crippen molar-refractivity contribution in [1.29, 1.82) is 0 Å². The number of carbonyl (C=O) groups is 3. The van der Waals surface area contributed by atoms with E-state index < -0.39 is 12.1 Å². The number of benzene rings is 2. The highest BCUT2D eigenvalue weighted by Crippen LogP contribution is 2.29. The first-order valence-corrected chi connectivity index (χ1v) is 12.9. The number of anilines is 1. The maximum atomic E-state index is 13.3. The molecule has 38 heavy (non-hydrogen) atoms. The Labute approximate surface area is 222 Å². The van der Waals surface area contributed by atoms with Crippen molar-refractivity contribution in [3.63, 3.8) is 0 Å². The van der Waals surface area contributed by atoms with Gasteiger partial charge >= 0.3 is 0 Å². The number of ether oxygens (including phenoxy) is 3. The van der Waals surface area contributed by atoms with Crippen LogP contribution < -0.4 is 30.6 Å². The Kier molecular flexibility index (Phi) is 7.31. The lowest BCUT2D eigenvalue weighted by molar-refractivity contribution is -0.123. The summed E-state index contributed by atoms with van der Waals surface area (Å²) in [6.45, 7) is 0.732. The number of nitrogens with one attached hydrogen (secondary N) is 2. The molecule has 4 bridgehead atoms. The van der Waals surface area contributed by atoms with E-state index in [1.54, 1.807) is 22.4 Å². The minimum Gasteiger partial charge on any atom is -0.493 e. The number of nitrogen functional groups attached to an aromatic ring is 1. The Morgan fingerprint density at radius 1 is 1.21 bits per heavy atom. The molecule has 6 rings (SSSR count). The fourth-order valence-electron chi connectivity index (χ4n) is 4.38. The molecular formula is C26H27N5O6S. The summed E-state index contributed by atoms with van der Waals surface area (Å²) in [5, 5.41) is 7.78. The van der Waals surface area contributed by atoms with Crippen molar-refractivity contribution < 1.29 is 28.6 Å². The predicted molar refractivity (Wildman–Crippen MR) is 139 cm³/mol. The second-order valence-electron chi connectivity index (χ2n) is 8.92. The lowest BCUT2D eigenvalue weighted by Gasteiger charge is -2.38. The van der Waals surface area contributed by atoms with Crippen LogP contribution in [0.15, 0.2) is 47.8 Å². The van der Waals surface area contributed by atoms with Crippen molar-refractivity contribution in [1.82, 2.24) is 20.5 Å². The van der Waals surface area contributed by atoms with Crippen molar-refractivity contribution >= 4 is 34.2 Å². The molecule has 0 unspecified atom stereocenters. The standard InChI is InChI=1S/C26H27N5O6S/c1-35-21-7-4-16-10-22(21)36-13-23(32)28-11-15-2-5-17(6-3-15)37-20-8-9-31(12-18(20)29-24(16)33)25(34)19-14-38-26(27)30-19/h2-7,10,14,18,20H,8-9,11-13H2,1H3,(H2,27,30)(H,28,32)(H,29,33)/t18-,20+/m0/s1. The normalized spacial score (nSPS) is 19.8. The van der Waals surface area contributed by atoms with E-state index in [9.17, 15) is 14.4 Å². The molecule has 0 aliphatic carbocycles. The molecule has 1 fully saturated rings. The first-order valence-electron chi connectivity index (χ1n) is 12.0. The first-order chi connectivity index (χ1) is 18.4. The number of aromatic nitrogens is 1. The molecule has 0 radical (unpaired) electrons. The van der Waals surface area contributed by atoms with Gasteiger partial charge in [-0.2, -0.15) is 0 Å². The minimum absolute atomic E-state index is 0.225. The SMILES string of the molecule is COc1ccc2cc1OCC(=O)NCc1ccc(cc1)O[C@@H]1CCN(C(=O)c3csc(N)n3)C[C@@H]1NC2=O. The van der Waals surface area contributed by atoms with E-state index in [4.69, 9.17) is 19.9 Å². The second-order valence-corrected chi connectivity index (χ2v) is 9.81. The van der Waals surface area contributed by atoms with Gasteiger partial charge in [0, 0.05) is 37.0 Å². The summed E-state index contributed by atoms with van der Waals surface area (Å²) < 4.78 is 17.3. The zero-order valence-corrected chi connectivity index (χ0v) is 21.5. The Morgan fingerprint density at radius 3 is 2.76 bits per heavy atom. The summed E-state index contributed by atoms with van der Waals surface area (Å²) in [6.07, 6.45) is 0.101. The number of fused-ring (bicyclic) bond motifs is 7. The number of piperidine rings is 1. The highest BCUT2D eigenvalue weighted by Gasteiger charge is 2.35. The topological polar surface area (TPSA) is 145 Å². The monoisotopic (exact) mass is 537 g/mol. The molecule has 1 aromatic heterocycles. The maximum Gasteiger partial charge on any atom is 0.273 e.